The van der Waals surface area contributed by atoms with Gasteiger partial charge in [0.25, 0.3) is 5.91 Å². The van der Waals surface area contributed by atoms with Crippen LogP contribution in [-0.2, 0) is 24.0 Å². The number of benzene rings is 4. The Morgan fingerprint density at radius 1 is 0.829 bits per heavy atom. The maximum Gasteiger partial charge on any atom is 0.416 e. The van der Waals surface area contributed by atoms with Gasteiger partial charge in [-0.15, -0.1) is 0 Å². The van der Waals surface area contributed by atoms with Crippen LogP contribution in [0.15, 0.2) is 97.2 Å². The molecule has 0 radical (unpaired) electrons. The molecule has 5 aromatic rings. The summed E-state index contributed by atoms with van der Waals surface area (Å²) in [7, 11) is 1.30. The SMILES string of the molecule is COC(=O)c1ccc(CNC(=O)c2cc(-c3ccc(F)cc3)cc3ccn(Cc4ccc(C(F)(F)F)cc4)c23)cc1. The van der Waals surface area contributed by atoms with E-state index in [9.17, 15) is 27.2 Å². The number of carbonyl (C=O) groups is 2. The van der Waals surface area contributed by atoms with Crippen LogP contribution in [0.3, 0.4) is 0 Å². The fourth-order valence-corrected chi connectivity index (χ4v) is 4.61. The molecule has 208 valence electrons. The quantitative estimate of drug-likeness (QED) is 0.169. The van der Waals surface area contributed by atoms with E-state index in [2.05, 4.69) is 5.32 Å². The zero-order valence-corrected chi connectivity index (χ0v) is 21.8. The van der Waals surface area contributed by atoms with Gasteiger partial charge in [-0.3, -0.25) is 4.79 Å². The number of alkyl halides is 3. The number of amides is 1. The number of esters is 1. The van der Waals surface area contributed by atoms with E-state index >= 15 is 0 Å². The zero-order chi connectivity index (χ0) is 29.1. The fourth-order valence-electron chi connectivity index (χ4n) is 4.61. The third-order valence-corrected chi connectivity index (χ3v) is 6.75. The van der Waals surface area contributed by atoms with Crippen molar-refractivity contribution in [2.45, 2.75) is 19.3 Å². The number of hydrogen-bond acceptors (Lipinski definition) is 3. The smallest absolute Gasteiger partial charge is 0.416 e. The lowest BCUT2D eigenvalue weighted by atomic mass is 9.99. The van der Waals surface area contributed by atoms with Crippen molar-refractivity contribution in [2.75, 3.05) is 7.11 Å². The lowest BCUT2D eigenvalue weighted by molar-refractivity contribution is -0.137. The lowest BCUT2D eigenvalue weighted by Gasteiger charge is -2.14. The number of rotatable bonds is 7. The Hall–Kier alpha value is -4.92. The number of ether oxygens (including phenoxy) is 1. The molecular formula is C32H24F4N2O3. The van der Waals surface area contributed by atoms with Crippen molar-refractivity contribution in [3.05, 3.63) is 131 Å². The van der Waals surface area contributed by atoms with E-state index in [4.69, 9.17) is 4.74 Å². The van der Waals surface area contributed by atoms with Gasteiger partial charge in [0, 0.05) is 24.7 Å². The largest absolute Gasteiger partial charge is 0.465 e. The fraction of sp³-hybridized carbons (Fsp3) is 0.125. The molecule has 0 aliphatic heterocycles. The first kappa shape index (κ1) is 27.6. The number of aromatic nitrogens is 1. The lowest BCUT2D eigenvalue weighted by Crippen LogP contribution is -2.23. The summed E-state index contributed by atoms with van der Waals surface area (Å²) in [5.41, 5.74) is 3.43. The highest BCUT2D eigenvalue weighted by atomic mass is 19.4. The van der Waals surface area contributed by atoms with E-state index in [0.717, 1.165) is 28.6 Å². The van der Waals surface area contributed by atoms with Crippen molar-refractivity contribution < 1.29 is 31.9 Å². The summed E-state index contributed by atoms with van der Waals surface area (Å²) in [6.07, 6.45) is -2.65. The minimum absolute atomic E-state index is 0.183. The van der Waals surface area contributed by atoms with E-state index in [1.54, 1.807) is 48.7 Å². The van der Waals surface area contributed by atoms with Crippen molar-refractivity contribution in [1.29, 1.82) is 0 Å². The van der Waals surface area contributed by atoms with E-state index in [-0.39, 0.29) is 24.8 Å². The molecule has 0 spiro atoms. The van der Waals surface area contributed by atoms with Gasteiger partial charge in [-0.25, -0.2) is 9.18 Å². The van der Waals surface area contributed by atoms with Crippen molar-refractivity contribution in [2.24, 2.45) is 0 Å². The molecule has 0 aliphatic rings. The van der Waals surface area contributed by atoms with Crippen LogP contribution in [0.2, 0.25) is 0 Å². The number of carbonyl (C=O) groups excluding carboxylic acids is 2. The third kappa shape index (κ3) is 6.14. The molecule has 0 atom stereocenters. The van der Waals surface area contributed by atoms with Gasteiger partial charge in [0.1, 0.15) is 5.82 Å². The van der Waals surface area contributed by atoms with Gasteiger partial charge in [0.2, 0.25) is 0 Å². The highest BCUT2D eigenvalue weighted by Gasteiger charge is 2.30. The molecule has 0 aliphatic carbocycles. The molecule has 0 fully saturated rings. The Labute approximate surface area is 233 Å². The van der Waals surface area contributed by atoms with Crippen LogP contribution >= 0.6 is 0 Å². The molecule has 1 N–H and O–H groups in total. The summed E-state index contributed by atoms with van der Waals surface area (Å²) >= 11 is 0. The monoisotopic (exact) mass is 560 g/mol. The van der Waals surface area contributed by atoms with Gasteiger partial charge in [0.15, 0.2) is 0 Å². The number of hydrogen-bond donors (Lipinski definition) is 1. The molecule has 41 heavy (non-hydrogen) atoms. The van der Waals surface area contributed by atoms with E-state index in [0.29, 0.717) is 27.8 Å². The van der Waals surface area contributed by atoms with Gasteiger partial charge in [0.05, 0.1) is 29.3 Å². The number of halogens is 4. The van der Waals surface area contributed by atoms with Crippen LogP contribution in [0.4, 0.5) is 17.6 Å². The summed E-state index contributed by atoms with van der Waals surface area (Å²) in [4.78, 5) is 25.3. The molecule has 1 aromatic heterocycles. The highest BCUT2D eigenvalue weighted by molar-refractivity contribution is 6.07. The van der Waals surface area contributed by atoms with Crippen molar-refractivity contribution >= 4 is 22.8 Å². The van der Waals surface area contributed by atoms with Gasteiger partial charge >= 0.3 is 12.1 Å². The molecule has 1 amide bonds. The minimum Gasteiger partial charge on any atom is -0.465 e. The average molecular weight is 561 g/mol. The molecule has 0 unspecified atom stereocenters. The van der Waals surface area contributed by atoms with Crippen LogP contribution in [-0.4, -0.2) is 23.6 Å². The topological polar surface area (TPSA) is 60.3 Å². The van der Waals surface area contributed by atoms with Gasteiger partial charge in [-0.1, -0.05) is 36.4 Å². The van der Waals surface area contributed by atoms with E-state index in [1.807, 2.05) is 16.7 Å². The number of nitrogens with one attached hydrogen (secondary N) is 1. The number of methoxy groups -OCH3 is 1. The van der Waals surface area contributed by atoms with Crippen LogP contribution in [0.1, 0.15) is 37.4 Å². The maximum atomic E-state index is 13.6. The molecule has 0 saturated carbocycles. The maximum absolute atomic E-state index is 13.6. The Balaban J connectivity index is 1.48. The van der Waals surface area contributed by atoms with Crippen LogP contribution in [0.25, 0.3) is 22.0 Å². The summed E-state index contributed by atoms with van der Waals surface area (Å²) in [6, 6.07) is 22.9. The Kier molecular flexibility index (Phi) is 7.61. The summed E-state index contributed by atoms with van der Waals surface area (Å²) in [5.74, 6) is -1.22. The molecule has 1 heterocycles. The molecule has 5 nitrogen and oxygen atoms in total. The Morgan fingerprint density at radius 2 is 1.49 bits per heavy atom. The second-order valence-corrected chi connectivity index (χ2v) is 9.48. The zero-order valence-electron chi connectivity index (χ0n) is 21.8. The van der Waals surface area contributed by atoms with Gasteiger partial charge in [-0.05, 0) is 76.9 Å². The van der Waals surface area contributed by atoms with Crippen LogP contribution in [0, 0.1) is 5.82 Å². The van der Waals surface area contributed by atoms with Gasteiger partial charge < -0.3 is 14.6 Å². The summed E-state index contributed by atoms with van der Waals surface area (Å²) < 4.78 is 59.2. The molecule has 0 bridgehead atoms. The minimum atomic E-state index is -4.43. The second-order valence-electron chi connectivity index (χ2n) is 9.48. The number of nitrogens with zero attached hydrogens (tertiary/aromatic N) is 1. The predicted molar refractivity (Wildman–Crippen MR) is 147 cm³/mol. The average Bonchev–Trinajstić information content (AvgIpc) is 3.38. The molecule has 0 saturated heterocycles. The summed E-state index contributed by atoms with van der Waals surface area (Å²) in [5, 5.41) is 3.65. The first-order valence-electron chi connectivity index (χ1n) is 12.6. The highest BCUT2D eigenvalue weighted by Crippen LogP contribution is 2.31. The van der Waals surface area contributed by atoms with Crippen molar-refractivity contribution in [3.63, 3.8) is 0 Å². The normalized spacial score (nSPS) is 11.4. The molecule has 5 rings (SSSR count). The predicted octanol–water partition coefficient (Wildman–Crippen LogP) is 7.23. The van der Waals surface area contributed by atoms with E-state index < -0.39 is 17.7 Å². The van der Waals surface area contributed by atoms with Crippen LogP contribution < -0.4 is 5.32 Å². The number of fused-ring (bicyclic) bond motifs is 1. The first-order chi connectivity index (χ1) is 19.6. The Morgan fingerprint density at radius 3 is 2.12 bits per heavy atom. The molecule has 4 aromatic carbocycles. The second kappa shape index (κ2) is 11.3. The third-order valence-electron chi connectivity index (χ3n) is 6.75. The first-order valence-corrected chi connectivity index (χ1v) is 12.6. The van der Waals surface area contributed by atoms with Crippen molar-refractivity contribution in [1.82, 2.24) is 9.88 Å². The standard InChI is InChI=1S/C32H24F4N2O3/c1-41-31(40)23-6-2-20(3-7-23)18-37-30(39)28-17-25(22-8-12-27(33)13-9-22)16-24-14-15-38(29(24)28)19-21-4-10-26(11-5-21)32(34,35)36/h2-17H,18-19H2,1H3,(H,37,39). The molecule has 9 heteroatoms. The van der Waals surface area contributed by atoms with Gasteiger partial charge in [-0.2, -0.15) is 13.2 Å². The van der Waals surface area contributed by atoms with Crippen molar-refractivity contribution in [3.8, 4) is 11.1 Å². The Bertz CT molecular complexity index is 1710. The van der Waals surface area contributed by atoms with Crippen LogP contribution in [0.5, 0.6) is 0 Å². The summed E-state index contributed by atoms with van der Waals surface area (Å²) in [6.45, 7) is 0.426. The molecular weight excluding hydrogens is 536 g/mol. The van der Waals surface area contributed by atoms with E-state index in [1.165, 1.54) is 31.4 Å².